The number of amides is 1. The van der Waals surface area contributed by atoms with E-state index in [4.69, 9.17) is 5.73 Å². The lowest BCUT2D eigenvalue weighted by Gasteiger charge is -2.22. The number of hydrogen-bond acceptors (Lipinski definition) is 3. The molecule has 0 aliphatic carbocycles. The molecule has 0 spiro atoms. The summed E-state index contributed by atoms with van der Waals surface area (Å²) in [6.07, 6.45) is 0.935. The lowest BCUT2D eigenvalue weighted by atomic mass is 10.1. The first kappa shape index (κ1) is 15.6. The van der Waals surface area contributed by atoms with Gasteiger partial charge in [0.05, 0.1) is 6.54 Å². The van der Waals surface area contributed by atoms with Crippen LogP contribution in [0, 0.1) is 5.82 Å². The zero-order valence-electron chi connectivity index (χ0n) is 11.6. The first-order valence-corrected chi connectivity index (χ1v) is 6.51. The second kappa shape index (κ2) is 7.86. The predicted molar refractivity (Wildman–Crippen MR) is 73.9 cm³/mol. The van der Waals surface area contributed by atoms with E-state index in [9.17, 15) is 9.18 Å². The number of nitrogens with two attached hydrogens (primary N) is 1. The molecule has 4 nitrogen and oxygen atoms in total. The molecule has 0 bridgehead atoms. The summed E-state index contributed by atoms with van der Waals surface area (Å²) in [6.45, 7) is 4.05. The van der Waals surface area contributed by atoms with Crippen LogP contribution >= 0.6 is 0 Å². The first-order valence-electron chi connectivity index (χ1n) is 6.51. The molecule has 0 radical (unpaired) electrons. The van der Waals surface area contributed by atoms with E-state index in [1.165, 1.54) is 12.1 Å². The maximum absolute atomic E-state index is 13.3. The minimum Gasteiger partial charge on any atom is -0.358 e. The molecule has 0 saturated carbocycles. The van der Waals surface area contributed by atoms with E-state index >= 15 is 0 Å². The Kier molecular flexibility index (Phi) is 6.45. The lowest BCUT2D eigenvalue weighted by Crippen LogP contribution is -2.36. The van der Waals surface area contributed by atoms with Gasteiger partial charge in [-0.15, -0.1) is 0 Å². The topological polar surface area (TPSA) is 58.4 Å². The summed E-state index contributed by atoms with van der Waals surface area (Å²) in [5.41, 5.74) is 7.42. The Bertz CT molecular complexity index is 423. The van der Waals surface area contributed by atoms with Gasteiger partial charge < -0.3 is 11.1 Å². The SMILES string of the molecule is CCCN(CC(=O)NC)Cc1cc(F)ccc1CN. The molecule has 1 aromatic carbocycles. The molecule has 1 amide bonds. The average molecular weight is 267 g/mol. The van der Waals surface area contributed by atoms with Crippen molar-refractivity contribution in [1.29, 1.82) is 0 Å². The van der Waals surface area contributed by atoms with Crippen molar-refractivity contribution in [2.24, 2.45) is 5.73 Å². The maximum Gasteiger partial charge on any atom is 0.233 e. The molecule has 0 aliphatic heterocycles. The van der Waals surface area contributed by atoms with Crippen LogP contribution in [-0.4, -0.2) is 30.9 Å². The summed E-state index contributed by atoms with van der Waals surface area (Å²) in [6, 6.07) is 4.61. The molecule has 0 aromatic heterocycles. The van der Waals surface area contributed by atoms with Crippen molar-refractivity contribution in [2.45, 2.75) is 26.4 Å². The van der Waals surface area contributed by atoms with Gasteiger partial charge in [0.25, 0.3) is 0 Å². The van der Waals surface area contributed by atoms with Gasteiger partial charge in [0.1, 0.15) is 5.82 Å². The highest BCUT2D eigenvalue weighted by atomic mass is 19.1. The quantitative estimate of drug-likeness (QED) is 0.781. The second-order valence-corrected chi connectivity index (χ2v) is 4.50. The van der Waals surface area contributed by atoms with Crippen LogP contribution in [0.15, 0.2) is 18.2 Å². The van der Waals surface area contributed by atoms with Gasteiger partial charge in [-0.1, -0.05) is 13.0 Å². The Morgan fingerprint density at radius 2 is 2.16 bits per heavy atom. The van der Waals surface area contributed by atoms with Crippen LogP contribution in [0.1, 0.15) is 24.5 Å². The lowest BCUT2D eigenvalue weighted by molar-refractivity contribution is -0.121. The first-order chi connectivity index (χ1) is 9.10. The predicted octanol–water partition coefficient (Wildman–Crippen LogP) is 1.24. The van der Waals surface area contributed by atoms with Crippen LogP contribution in [0.25, 0.3) is 0 Å². The van der Waals surface area contributed by atoms with Crippen LogP contribution < -0.4 is 11.1 Å². The fraction of sp³-hybridized carbons (Fsp3) is 0.500. The summed E-state index contributed by atoms with van der Waals surface area (Å²) in [7, 11) is 1.61. The van der Waals surface area contributed by atoms with Crippen molar-refractivity contribution >= 4 is 5.91 Å². The van der Waals surface area contributed by atoms with E-state index in [2.05, 4.69) is 5.32 Å². The van der Waals surface area contributed by atoms with Crippen LogP contribution in [0.5, 0.6) is 0 Å². The van der Waals surface area contributed by atoms with E-state index in [0.717, 1.165) is 24.1 Å². The number of hydrogen-bond donors (Lipinski definition) is 2. The maximum atomic E-state index is 13.3. The minimum absolute atomic E-state index is 0.0425. The highest BCUT2D eigenvalue weighted by Crippen LogP contribution is 2.14. The van der Waals surface area contributed by atoms with Crippen molar-refractivity contribution < 1.29 is 9.18 Å². The van der Waals surface area contributed by atoms with Crippen LogP contribution in [-0.2, 0) is 17.9 Å². The third kappa shape index (κ3) is 4.96. The Labute approximate surface area is 113 Å². The van der Waals surface area contributed by atoms with Crippen molar-refractivity contribution in [3.8, 4) is 0 Å². The molecule has 0 atom stereocenters. The summed E-state index contributed by atoms with van der Waals surface area (Å²) in [4.78, 5) is 13.4. The van der Waals surface area contributed by atoms with E-state index < -0.39 is 0 Å². The number of halogens is 1. The van der Waals surface area contributed by atoms with Crippen molar-refractivity contribution in [2.75, 3.05) is 20.1 Å². The molecule has 0 aliphatic rings. The van der Waals surface area contributed by atoms with Gasteiger partial charge in [-0.25, -0.2) is 4.39 Å². The van der Waals surface area contributed by atoms with Gasteiger partial charge in [-0.05, 0) is 36.2 Å². The summed E-state index contributed by atoms with van der Waals surface area (Å²) in [5.74, 6) is -0.317. The Morgan fingerprint density at radius 1 is 1.42 bits per heavy atom. The monoisotopic (exact) mass is 267 g/mol. The third-order valence-electron chi connectivity index (χ3n) is 2.97. The highest BCUT2D eigenvalue weighted by Gasteiger charge is 2.12. The number of nitrogens with one attached hydrogen (secondary N) is 1. The number of carbonyl (C=O) groups excluding carboxylic acids is 1. The number of likely N-dealkylation sites (N-methyl/N-ethyl adjacent to an activating group) is 1. The fourth-order valence-corrected chi connectivity index (χ4v) is 1.99. The van der Waals surface area contributed by atoms with Gasteiger partial charge in [0, 0.05) is 20.1 Å². The number of benzene rings is 1. The van der Waals surface area contributed by atoms with Gasteiger partial charge >= 0.3 is 0 Å². The Balaban J connectivity index is 2.82. The van der Waals surface area contributed by atoms with Crippen molar-refractivity contribution in [3.05, 3.63) is 35.1 Å². The zero-order chi connectivity index (χ0) is 14.3. The molecule has 0 saturated heterocycles. The third-order valence-corrected chi connectivity index (χ3v) is 2.97. The van der Waals surface area contributed by atoms with Crippen molar-refractivity contribution in [3.63, 3.8) is 0 Å². The van der Waals surface area contributed by atoms with Crippen molar-refractivity contribution in [1.82, 2.24) is 10.2 Å². The number of rotatable bonds is 7. The summed E-state index contributed by atoms with van der Waals surface area (Å²) in [5, 5.41) is 2.60. The van der Waals surface area contributed by atoms with Crippen LogP contribution in [0.2, 0.25) is 0 Å². The number of nitrogens with zero attached hydrogens (tertiary/aromatic N) is 1. The largest absolute Gasteiger partial charge is 0.358 e. The summed E-state index contributed by atoms with van der Waals surface area (Å²) >= 11 is 0. The van der Waals surface area contributed by atoms with E-state index in [-0.39, 0.29) is 11.7 Å². The highest BCUT2D eigenvalue weighted by molar-refractivity contribution is 5.77. The average Bonchev–Trinajstić information content (AvgIpc) is 2.39. The molecule has 1 rings (SSSR count). The van der Waals surface area contributed by atoms with E-state index in [1.54, 1.807) is 13.1 Å². The van der Waals surface area contributed by atoms with Gasteiger partial charge in [-0.2, -0.15) is 0 Å². The molecular weight excluding hydrogens is 245 g/mol. The standard InChI is InChI=1S/C14H22FN3O/c1-3-6-18(10-14(19)17-2)9-12-7-13(15)5-4-11(12)8-16/h4-5,7H,3,6,8-10,16H2,1-2H3,(H,17,19). The molecule has 3 N–H and O–H groups in total. The Hall–Kier alpha value is -1.46. The molecule has 19 heavy (non-hydrogen) atoms. The van der Waals surface area contributed by atoms with E-state index in [1.807, 2.05) is 11.8 Å². The smallest absolute Gasteiger partial charge is 0.233 e. The van der Waals surface area contributed by atoms with Gasteiger partial charge in [0.15, 0.2) is 0 Å². The van der Waals surface area contributed by atoms with Gasteiger partial charge in [-0.3, -0.25) is 9.69 Å². The second-order valence-electron chi connectivity index (χ2n) is 4.50. The Morgan fingerprint density at radius 3 is 2.74 bits per heavy atom. The molecule has 5 heteroatoms. The molecule has 106 valence electrons. The number of carbonyl (C=O) groups is 1. The normalized spacial score (nSPS) is 10.8. The van der Waals surface area contributed by atoms with E-state index in [0.29, 0.717) is 19.6 Å². The van der Waals surface area contributed by atoms with Gasteiger partial charge in [0.2, 0.25) is 5.91 Å². The van der Waals surface area contributed by atoms with Crippen LogP contribution in [0.3, 0.4) is 0 Å². The molecule has 1 aromatic rings. The summed E-state index contributed by atoms with van der Waals surface area (Å²) < 4.78 is 13.3. The zero-order valence-corrected chi connectivity index (χ0v) is 11.6. The molecule has 0 unspecified atom stereocenters. The molecular formula is C14H22FN3O. The molecule has 0 fully saturated rings. The molecule has 0 heterocycles. The van der Waals surface area contributed by atoms with Crippen LogP contribution in [0.4, 0.5) is 4.39 Å². The minimum atomic E-state index is -0.274. The fourth-order valence-electron chi connectivity index (χ4n) is 1.99.